The van der Waals surface area contributed by atoms with E-state index in [-0.39, 0.29) is 36.7 Å². The maximum absolute atomic E-state index is 12.8. The fourth-order valence-corrected chi connectivity index (χ4v) is 3.03. The van der Waals surface area contributed by atoms with Crippen LogP contribution >= 0.6 is 0 Å². The molecule has 2 N–H and O–H groups in total. The highest BCUT2D eigenvalue weighted by Crippen LogP contribution is 2.26. The summed E-state index contributed by atoms with van der Waals surface area (Å²) in [5.74, 6) is 0.458. The number of benzene rings is 2. The molecule has 1 heterocycles. The fraction of sp³-hybridized carbons (Fsp3) is 0.316. The van der Waals surface area contributed by atoms with Crippen molar-refractivity contribution in [3.8, 4) is 5.75 Å². The Morgan fingerprint density at radius 3 is 2.54 bits per heavy atom. The molecule has 0 aromatic heterocycles. The number of hydrogen-bond acceptors (Lipinski definition) is 3. The Kier molecular flexibility index (Phi) is 5.11. The molecule has 0 unspecified atom stereocenters. The number of ether oxygens (including phenoxy) is 1. The van der Waals surface area contributed by atoms with E-state index in [4.69, 9.17) is 10.5 Å². The third-order valence-corrected chi connectivity index (χ3v) is 4.34. The molecule has 1 saturated heterocycles. The molecule has 0 aliphatic carbocycles. The molecule has 2 aromatic rings. The van der Waals surface area contributed by atoms with Gasteiger partial charge < -0.3 is 15.4 Å². The van der Waals surface area contributed by atoms with Crippen LogP contribution in [0.25, 0.3) is 0 Å². The van der Waals surface area contributed by atoms with E-state index in [9.17, 15) is 9.18 Å². The Balaban J connectivity index is 1.50. The minimum Gasteiger partial charge on any atom is -0.493 e. The van der Waals surface area contributed by atoms with Gasteiger partial charge in [0.25, 0.3) is 0 Å². The quantitative estimate of drug-likeness (QED) is 0.918. The van der Waals surface area contributed by atoms with Crippen molar-refractivity contribution in [3.05, 3.63) is 66.0 Å². The predicted molar refractivity (Wildman–Crippen MR) is 90.3 cm³/mol. The number of hydrogen-bond donors (Lipinski definition) is 1. The van der Waals surface area contributed by atoms with E-state index in [1.165, 1.54) is 17.7 Å². The van der Waals surface area contributed by atoms with E-state index < -0.39 is 0 Å². The number of nitrogens with two attached hydrogens (primary N) is 1. The van der Waals surface area contributed by atoms with E-state index in [0.29, 0.717) is 18.8 Å². The van der Waals surface area contributed by atoms with Crippen LogP contribution in [-0.4, -0.2) is 36.5 Å². The topological polar surface area (TPSA) is 55.6 Å². The van der Waals surface area contributed by atoms with E-state index in [2.05, 4.69) is 12.1 Å². The zero-order chi connectivity index (χ0) is 16.9. The Morgan fingerprint density at radius 2 is 1.83 bits per heavy atom. The molecular weight excluding hydrogens is 307 g/mol. The van der Waals surface area contributed by atoms with Crippen LogP contribution in [-0.2, 0) is 4.79 Å². The van der Waals surface area contributed by atoms with Crippen LogP contribution in [0.1, 0.15) is 17.9 Å². The molecule has 0 spiro atoms. The summed E-state index contributed by atoms with van der Waals surface area (Å²) in [6.07, 6.45) is 0.283. The van der Waals surface area contributed by atoms with Crippen molar-refractivity contribution in [3.63, 3.8) is 0 Å². The van der Waals surface area contributed by atoms with Gasteiger partial charge in [0.05, 0.1) is 13.0 Å². The van der Waals surface area contributed by atoms with Gasteiger partial charge in [0, 0.05) is 25.0 Å². The molecule has 1 aliphatic heterocycles. The van der Waals surface area contributed by atoms with Gasteiger partial charge in [-0.2, -0.15) is 0 Å². The number of amides is 1. The van der Waals surface area contributed by atoms with Crippen molar-refractivity contribution >= 4 is 5.91 Å². The number of rotatable bonds is 5. The van der Waals surface area contributed by atoms with Crippen LogP contribution in [0.15, 0.2) is 54.6 Å². The first-order valence-corrected chi connectivity index (χ1v) is 8.10. The van der Waals surface area contributed by atoms with Gasteiger partial charge in [0.15, 0.2) is 0 Å². The van der Waals surface area contributed by atoms with Crippen molar-refractivity contribution in [1.82, 2.24) is 4.90 Å². The van der Waals surface area contributed by atoms with Crippen molar-refractivity contribution in [2.45, 2.75) is 18.4 Å². The van der Waals surface area contributed by atoms with Crippen LogP contribution in [0.2, 0.25) is 0 Å². The lowest BCUT2D eigenvalue weighted by atomic mass is 9.95. The van der Waals surface area contributed by atoms with E-state index in [1.54, 1.807) is 17.0 Å². The zero-order valence-electron chi connectivity index (χ0n) is 13.4. The third-order valence-electron chi connectivity index (χ3n) is 4.34. The molecule has 1 fully saturated rings. The lowest BCUT2D eigenvalue weighted by Crippen LogP contribution is -2.32. The number of nitrogens with zero attached hydrogens (tertiary/aromatic N) is 1. The van der Waals surface area contributed by atoms with Crippen LogP contribution in [0, 0.1) is 5.82 Å². The second-order valence-corrected chi connectivity index (χ2v) is 6.03. The maximum atomic E-state index is 12.8. The molecule has 2 atom stereocenters. The van der Waals surface area contributed by atoms with Crippen LogP contribution < -0.4 is 10.5 Å². The first-order valence-electron chi connectivity index (χ1n) is 8.10. The van der Waals surface area contributed by atoms with Crippen molar-refractivity contribution in [2.75, 3.05) is 19.7 Å². The summed E-state index contributed by atoms with van der Waals surface area (Å²) in [6, 6.07) is 15.8. The third kappa shape index (κ3) is 3.92. The lowest BCUT2D eigenvalue weighted by molar-refractivity contribution is -0.130. The maximum Gasteiger partial charge on any atom is 0.226 e. The Bertz CT molecular complexity index is 676. The predicted octanol–water partition coefficient (Wildman–Crippen LogP) is 2.55. The van der Waals surface area contributed by atoms with Gasteiger partial charge in [-0.25, -0.2) is 4.39 Å². The second-order valence-electron chi connectivity index (χ2n) is 6.03. The van der Waals surface area contributed by atoms with Crippen molar-refractivity contribution in [2.24, 2.45) is 5.73 Å². The zero-order valence-corrected chi connectivity index (χ0v) is 13.4. The van der Waals surface area contributed by atoms with E-state index in [0.717, 1.165) is 0 Å². The van der Waals surface area contributed by atoms with Gasteiger partial charge in [-0.15, -0.1) is 0 Å². The van der Waals surface area contributed by atoms with E-state index in [1.807, 2.05) is 18.2 Å². The summed E-state index contributed by atoms with van der Waals surface area (Å²) in [4.78, 5) is 14.1. The molecule has 126 valence electrons. The minimum absolute atomic E-state index is 0.0333. The molecule has 4 nitrogen and oxygen atoms in total. The Morgan fingerprint density at radius 1 is 1.12 bits per heavy atom. The highest BCUT2D eigenvalue weighted by Gasteiger charge is 2.33. The van der Waals surface area contributed by atoms with Gasteiger partial charge in [-0.1, -0.05) is 30.3 Å². The minimum atomic E-state index is -0.309. The average molecular weight is 328 g/mol. The van der Waals surface area contributed by atoms with E-state index >= 15 is 0 Å². The monoisotopic (exact) mass is 328 g/mol. The molecule has 5 heteroatoms. The van der Waals surface area contributed by atoms with Gasteiger partial charge in [0.1, 0.15) is 11.6 Å². The normalized spacial score (nSPS) is 20.2. The molecule has 1 aliphatic rings. The average Bonchev–Trinajstić information content (AvgIpc) is 2.99. The van der Waals surface area contributed by atoms with Crippen molar-refractivity contribution < 1.29 is 13.9 Å². The molecule has 2 aromatic carbocycles. The van der Waals surface area contributed by atoms with Gasteiger partial charge in [0.2, 0.25) is 5.91 Å². The molecule has 0 radical (unpaired) electrons. The second kappa shape index (κ2) is 7.45. The first-order chi connectivity index (χ1) is 11.6. The Hall–Kier alpha value is -2.40. The molecule has 3 rings (SSSR count). The molecule has 0 bridgehead atoms. The summed E-state index contributed by atoms with van der Waals surface area (Å²) >= 11 is 0. The molecule has 1 amide bonds. The molecule has 0 saturated carbocycles. The summed E-state index contributed by atoms with van der Waals surface area (Å²) in [7, 11) is 0. The SMILES string of the molecule is N[C@@H]1CN(C(=O)CCOc2ccc(F)cc2)C[C@H]1c1ccccc1. The summed E-state index contributed by atoms with van der Waals surface area (Å²) in [5, 5.41) is 0. The smallest absolute Gasteiger partial charge is 0.226 e. The highest BCUT2D eigenvalue weighted by atomic mass is 19.1. The van der Waals surface area contributed by atoms with Gasteiger partial charge >= 0.3 is 0 Å². The van der Waals surface area contributed by atoms with Crippen molar-refractivity contribution in [1.29, 1.82) is 0 Å². The van der Waals surface area contributed by atoms with Gasteiger partial charge in [-0.3, -0.25) is 4.79 Å². The Labute approximate surface area is 141 Å². The highest BCUT2D eigenvalue weighted by molar-refractivity contribution is 5.77. The summed E-state index contributed by atoms with van der Waals surface area (Å²) in [6.45, 7) is 1.47. The largest absolute Gasteiger partial charge is 0.493 e. The first kappa shape index (κ1) is 16.5. The lowest BCUT2D eigenvalue weighted by Gasteiger charge is -2.16. The fourth-order valence-electron chi connectivity index (χ4n) is 3.03. The number of halogens is 1. The van der Waals surface area contributed by atoms with Crippen LogP contribution in [0.5, 0.6) is 5.75 Å². The summed E-state index contributed by atoms with van der Waals surface area (Å²) in [5.41, 5.74) is 7.38. The molecular formula is C19H21FN2O2. The molecule has 24 heavy (non-hydrogen) atoms. The number of carbonyl (C=O) groups is 1. The standard InChI is InChI=1S/C19H21FN2O2/c20-15-6-8-16(9-7-15)24-11-10-19(23)22-12-17(18(21)13-22)14-4-2-1-3-5-14/h1-9,17-18H,10-13,21H2/t17-,18+/m0/s1. The number of carbonyl (C=O) groups excluding carboxylic acids is 1. The van der Waals surface area contributed by atoms with Crippen LogP contribution in [0.4, 0.5) is 4.39 Å². The number of likely N-dealkylation sites (tertiary alicyclic amines) is 1. The van der Waals surface area contributed by atoms with Gasteiger partial charge in [-0.05, 0) is 29.8 Å². The summed E-state index contributed by atoms with van der Waals surface area (Å²) < 4.78 is 18.3. The van der Waals surface area contributed by atoms with Crippen LogP contribution in [0.3, 0.4) is 0 Å².